The average molecular weight is 385 g/mol. The molecule has 2 atom stereocenters. The second kappa shape index (κ2) is 7.23. The molecule has 0 saturated carbocycles. The molecule has 3 heteroatoms. The molecule has 2 aliphatic rings. The molecule has 0 bridgehead atoms. The zero-order chi connectivity index (χ0) is 19.8. The van der Waals surface area contributed by atoms with Crippen LogP contribution in [0.15, 0.2) is 78.9 Å². The van der Waals surface area contributed by atoms with Crippen molar-refractivity contribution in [3.05, 3.63) is 95.6 Å². The van der Waals surface area contributed by atoms with E-state index >= 15 is 0 Å². The lowest BCUT2D eigenvalue weighted by atomic mass is 9.81. The monoisotopic (exact) mass is 384 g/mol. The number of nitrogens with zero attached hydrogens (tertiary/aromatic N) is 2. The lowest BCUT2D eigenvalue weighted by Gasteiger charge is -2.37. The molecule has 0 aromatic heterocycles. The summed E-state index contributed by atoms with van der Waals surface area (Å²) in [6, 6.07) is 28.3. The number of likely N-dealkylation sites (tertiary alicyclic amines) is 1. The van der Waals surface area contributed by atoms with Crippen LogP contribution >= 0.6 is 0 Å². The van der Waals surface area contributed by atoms with E-state index in [1.54, 1.807) is 7.11 Å². The summed E-state index contributed by atoms with van der Waals surface area (Å²) in [5.74, 6) is 0.951. The number of hydrogen-bond donors (Lipinski definition) is 0. The molecule has 0 aliphatic carbocycles. The summed E-state index contributed by atoms with van der Waals surface area (Å²) in [7, 11) is 1.76. The van der Waals surface area contributed by atoms with E-state index in [-0.39, 0.29) is 5.41 Å². The van der Waals surface area contributed by atoms with Gasteiger partial charge in [-0.25, -0.2) is 0 Å². The summed E-state index contributed by atoms with van der Waals surface area (Å²) in [6.07, 6.45) is 1.51. The van der Waals surface area contributed by atoms with Gasteiger partial charge in [-0.2, -0.15) is 0 Å². The average Bonchev–Trinajstić information content (AvgIpc) is 3.21. The van der Waals surface area contributed by atoms with Crippen molar-refractivity contribution >= 4 is 5.69 Å². The van der Waals surface area contributed by atoms with Crippen LogP contribution in [0.25, 0.3) is 0 Å². The summed E-state index contributed by atoms with van der Waals surface area (Å²) >= 11 is 0. The first-order valence-corrected chi connectivity index (χ1v) is 10.5. The molecular weight excluding hydrogens is 356 g/mol. The number of hydrogen-bond acceptors (Lipinski definition) is 3. The van der Waals surface area contributed by atoms with Gasteiger partial charge < -0.3 is 9.64 Å². The van der Waals surface area contributed by atoms with Gasteiger partial charge in [-0.1, -0.05) is 67.6 Å². The molecule has 1 fully saturated rings. The van der Waals surface area contributed by atoms with E-state index in [0.29, 0.717) is 6.17 Å². The minimum Gasteiger partial charge on any atom is -0.497 e. The number of rotatable bonds is 5. The van der Waals surface area contributed by atoms with Crippen molar-refractivity contribution in [2.75, 3.05) is 18.6 Å². The van der Waals surface area contributed by atoms with Gasteiger partial charge in [0.05, 0.1) is 13.3 Å². The van der Waals surface area contributed by atoms with Crippen molar-refractivity contribution in [3.8, 4) is 5.75 Å². The first-order valence-electron chi connectivity index (χ1n) is 10.5. The molecule has 3 nitrogen and oxygen atoms in total. The molecule has 2 heterocycles. The fourth-order valence-corrected chi connectivity index (χ4v) is 5.26. The minimum atomic E-state index is 0.105. The molecule has 148 valence electrons. The topological polar surface area (TPSA) is 15.7 Å². The Bertz CT molecular complexity index is 988. The Hall–Kier alpha value is -2.78. The molecule has 0 amide bonds. The standard InChI is InChI=1S/C26H28N2O/c1-26-15-16-27(18-20-9-5-3-6-10-20)25(26)28(19-21-11-7-4-8-12-21)24-14-13-22(29-2)17-23(24)26/h3-14,17,25H,15-16,18-19H2,1-2H3/t25-,26+/m1/s1. The molecule has 2 aliphatic heterocycles. The van der Waals surface area contributed by atoms with Crippen LogP contribution in [0, 0.1) is 0 Å². The van der Waals surface area contributed by atoms with Gasteiger partial charge >= 0.3 is 0 Å². The summed E-state index contributed by atoms with van der Waals surface area (Å²) in [5.41, 5.74) is 5.61. The smallest absolute Gasteiger partial charge is 0.119 e. The van der Waals surface area contributed by atoms with Gasteiger partial charge in [0.25, 0.3) is 0 Å². The zero-order valence-electron chi connectivity index (χ0n) is 17.2. The summed E-state index contributed by atoms with van der Waals surface area (Å²) in [6.45, 7) is 5.45. The Morgan fingerprint density at radius 1 is 0.897 bits per heavy atom. The molecule has 3 aromatic rings. The number of benzene rings is 3. The van der Waals surface area contributed by atoms with E-state index in [2.05, 4.69) is 95.6 Å². The van der Waals surface area contributed by atoms with E-state index in [9.17, 15) is 0 Å². The van der Waals surface area contributed by atoms with Crippen LogP contribution in [-0.2, 0) is 18.5 Å². The molecule has 3 aromatic carbocycles. The molecule has 0 spiro atoms. The van der Waals surface area contributed by atoms with Crippen molar-refractivity contribution in [1.29, 1.82) is 0 Å². The highest BCUT2D eigenvalue weighted by molar-refractivity contribution is 5.66. The van der Waals surface area contributed by atoms with Crippen LogP contribution in [-0.4, -0.2) is 24.7 Å². The first kappa shape index (κ1) is 18.3. The third-order valence-electron chi connectivity index (χ3n) is 6.68. The lowest BCUT2D eigenvalue weighted by molar-refractivity contribution is 0.208. The Labute approximate surface area is 173 Å². The second-order valence-electron chi connectivity index (χ2n) is 8.49. The largest absolute Gasteiger partial charge is 0.497 e. The molecule has 1 saturated heterocycles. The van der Waals surface area contributed by atoms with E-state index in [1.807, 2.05) is 0 Å². The first-order chi connectivity index (χ1) is 14.2. The second-order valence-corrected chi connectivity index (χ2v) is 8.49. The number of fused-ring (bicyclic) bond motifs is 3. The van der Waals surface area contributed by atoms with Gasteiger partial charge in [0.2, 0.25) is 0 Å². The zero-order valence-corrected chi connectivity index (χ0v) is 17.2. The van der Waals surface area contributed by atoms with Crippen molar-refractivity contribution in [1.82, 2.24) is 4.90 Å². The molecule has 29 heavy (non-hydrogen) atoms. The van der Waals surface area contributed by atoms with Gasteiger partial charge in [0, 0.05) is 30.7 Å². The summed E-state index contributed by atoms with van der Waals surface area (Å²) < 4.78 is 5.58. The minimum absolute atomic E-state index is 0.105. The summed E-state index contributed by atoms with van der Waals surface area (Å²) in [4.78, 5) is 5.27. The van der Waals surface area contributed by atoms with Crippen molar-refractivity contribution in [2.24, 2.45) is 0 Å². The highest BCUT2D eigenvalue weighted by Crippen LogP contribution is 2.53. The third-order valence-corrected chi connectivity index (χ3v) is 6.68. The highest BCUT2D eigenvalue weighted by atomic mass is 16.5. The number of ether oxygens (including phenoxy) is 1. The fourth-order valence-electron chi connectivity index (χ4n) is 5.26. The van der Waals surface area contributed by atoms with Gasteiger partial charge in [-0.15, -0.1) is 0 Å². The van der Waals surface area contributed by atoms with Gasteiger partial charge in [0.15, 0.2) is 0 Å². The molecule has 0 unspecified atom stereocenters. The predicted molar refractivity (Wildman–Crippen MR) is 118 cm³/mol. The van der Waals surface area contributed by atoms with Crippen LogP contribution in [0.4, 0.5) is 5.69 Å². The van der Waals surface area contributed by atoms with E-state index in [4.69, 9.17) is 4.74 Å². The van der Waals surface area contributed by atoms with Crippen LogP contribution in [0.1, 0.15) is 30.0 Å². The van der Waals surface area contributed by atoms with Gasteiger partial charge in [-0.3, -0.25) is 4.90 Å². The normalized spacial score (nSPS) is 23.1. The fraction of sp³-hybridized carbons (Fsp3) is 0.308. The van der Waals surface area contributed by atoms with Crippen LogP contribution < -0.4 is 9.64 Å². The predicted octanol–water partition coefficient (Wildman–Crippen LogP) is 5.21. The van der Waals surface area contributed by atoms with Crippen LogP contribution in [0.2, 0.25) is 0 Å². The van der Waals surface area contributed by atoms with Gasteiger partial charge in [0.1, 0.15) is 5.75 Å². The van der Waals surface area contributed by atoms with Crippen LogP contribution in [0.5, 0.6) is 5.75 Å². The van der Waals surface area contributed by atoms with Crippen molar-refractivity contribution < 1.29 is 4.74 Å². The Morgan fingerprint density at radius 3 is 2.21 bits per heavy atom. The maximum Gasteiger partial charge on any atom is 0.119 e. The maximum atomic E-state index is 5.58. The molecule has 0 N–H and O–H groups in total. The quantitative estimate of drug-likeness (QED) is 0.601. The lowest BCUT2D eigenvalue weighted by Crippen LogP contribution is -2.48. The van der Waals surface area contributed by atoms with Crippen LogP contribution in [0.3, 0.4) is 0 Å². The third kappa shape index (κ3) is 3.10. The van der Waals surface area contributed by atoms with E-state index in [1.165, 1.54) is 22.4 Å². The Morgan fingerprint density at radius 2 is 1.55 bits per heavy atom. The molecular formula is C26H28N2O. The van der Waals surface area contributed by atoms with E-state index < -0.39 is 0 Å². The number of anilines is 1. The van der Waals surface area contributed by atoms with Gasteiger partial charge in [-0.05, 0) is 41.3 Å². The molecule has 5 rings (SSSR count). The Kier molecular flexibility index (Phi) is 4.56. The SMILES string of the molecule is COc1ccc2c(c1)[C@]1(C)CCN(Cc3ccccc3)[C@@H]1N2Cc1ccccc1. The van der Waals surface area contributed by atoms with Crippen molar-refractivity contribution in [3.63, 3.8) is 0 Å². The highest BCUT2D eigenvalue weighted by Gasteiger charge is 2.54. The van der Waals surface area contributed by atoms with Crippen molar-refractivity contribution in [2.45, 2.75) is 38.0 Å². The number of methoxy groups -OCH3 is 1. The van der Waals surface area contributed by atoms with E-state index in [0.717, 1.165) is 31.8 Å². The summed E-state index contributed by atoms with van der Waals surface area (Å²) in [5, 5.41) is 0. The maximum absolute atomic E-state index is 5.58. The molecule has 0 radical (unpaired) electrons. The Balaban J connectivity index is 1.55.